The Morgan fingerprint density at radius 3 is 2.45 bits per heavy atom. The molecule has 2 fully saturated rings. The molecule has 11 heavy (non-hydrogen) atoms. The van der Waals surface area contributed by atoms with Gasteiger partial charge in [0.05, 0.1) is 0 Å². The second-order valence-corrected chi connectivity index (χ2v) is 6.01. The Labute approximate surface area is 76.6 Å². The SMILES string of the molecule is C1CCC2(OC1)SCCCS2. The highest BCUT2D eigenvalue weighted by atomic mass is 32.2. The molecule has 0 aromatic carbocycles. The molecule has 0 amide bonds. The molecular weight excluding hydrogens is 176 g/mol. The van der Waals surface area contributed by atoms with Gasteiger partial charge in [-0.15, -0.1) is 23.5 Å². The van der Waals surface area contributed by atoms with Crippen LogP contribution in [-0.4, -0.2) is 22.4 Å². The van der Waals surface area contributed by atoms with Crippen molar-refractivity contribution < 1.29 is 4.74 Å². The van der Waals surface area contributed by atoms with Crippen LogP contribution in [0, 0.1) is 0 Å². The summed E-state index contributed by atoms with van der Waals surface area (Å²) in [7, 11) is 0. The minimum atomic E-state index is 0.191. The molecule has 0 bridgehead atoms. The molecule has 1 spiro atoms. The van der Waals surface area contributed by atoms with Crippen LogP contribution >= 0.6 is 23.5 Å². The van der Waals surface area contributed by atoms with Gasteiger partial charge in [0.2, 0.25) is 0 Å². The average molecular weight is 190 g/mol. The van der Waals surface area contributed by atoms with E-state index in [9.17, 15) is 0 Å². The molecule has 0 aliphatic carbocycles. The van der Waals surface area contributed by atoms with Crippen molar-refractivity contribution in [1.82, 2.24) is 0 Å². The van der Waals surface area contributed by atoms with Crippen LogP contribution in [0.5, 0.6) is 0 Å². The molecule has 0 atom stereocenters. The molecule has 2 saturated heterocycles. The average Bonchev–Trinajstić information content (AvgIpc) is 2.07. The lowest BCUT2D eigenvalue weighted by atomic mass is 10.2. The highest BCUT2D eigenvalue weighted by Gasteiger charge is 2.35. The zero-order valence-corrected chi connectivity index (χ0v) is 8.31. The number of ether oxygens (including phenoxy) is 1. The van der Waals surface area contributed by atoms with Gasteiger partial charge in [-0.3, -0.25) is 0 Å². The van der Waals surface area contributed by atoms with Crippen molar-refractivity contribution >= 4 is 23.5 Å². The Kier molecular flexibility index (Phi) is 2.69. The third kappa shape index (κ3) is 1.87. The minimum absolute atomic E-state index is 0.191. The summed E-state index contributed by atoms with van der Waals surface area (Å²) in [6.07, 6.45) is 5.26. The lowest BCUT2D eigenvalue weighted by molar-refractivity contribution is 0.0495. The van der Waals surface area contributed by atoms with Gasteiger partial charge in [0, 0.05) is 6.61 Å². The van der Waals surface area contributed by atoms with E-state index in [4.69, 9.17) is 4.74 Å². The molecule has 0 saturated carbocycles. The van der Waals surface area contributed by atoms with E-state index in [2.05, 4.69) is 0 Å². The molecule has 0 aromatic heterocycles. The molecule has 0 aromatic rings. The lowest BCUT2D eigenvalue weighted by Crippen LogP contribution is -2.32. The van der Waals surface area contributed by atoms with Crippen LogP contribution in [0.3, 0.4) is 0 Å². The van der Waals surface area contributed by atoms with Crippen molar-refractivity contribution in [2.45, 2.75) is 29.9 Å². The van der Waals surface area contributed by atoms with Crippen molar-refractivity contribution in [1.29, 1.82) is 0 Å². The normalized spacial score (nSPS) is 30.5. The van der Waals surface area contributed by atoms with Crippen LogP contribution in [0.4, 0.5) is 0 Å². The number of rotatable bonds is 0. The monoisotopic (exact) mass is 190 g/mol. The van der Waals surface area contributed by atoms with E-state index in [1.165, 1.54) is 37.2 Å². The van der Waals surface area contributed by atoms with E-state index in [0.29, 0.717) is 0 Å². The van der Waals surface area contributed by atoms with Crippen molar-refractivity contribution in [3.05, 3.63) is 0 Å². The third-order valence-corrected chi connectivity index (χ3v) is 5.35. The number of thioether (sulfide) groups is 2. The molecule has 3 heteroatoms. The summed E-state index contributed by atoms with van der Waals surface area (Å²) in [6.45, 7) is 0.986. The summed E-state index contributed by atoms with van der Waals surface area (Å²) < 4.78 is 6.02. The Balaban J connectivity index is 1.94. The fourth-order valence-corrected chi connectivity index (χ4v) is 4.65. The van der Waals surface area contributed by atoms with E-state index in [1.54, 1.807) is 0 Å². The molecule has 2 rings (SSSR count). The Morgan fingerprint density at radius 2 is 1.82 bits per heavy atom. The van der Waals surface area contributed by atoms with Gasteiger partial charge in [-0.05, 0) is 37.2 Å². The maximum absolute atomic E-state index is 5.83. The summed E-state index contributed by atoms with van der Waals surface area (Å²) >= 11 is 4.05. The third-order valence-electron chi connectivity index (χ3n) is 2.13. The van der Waals surface area contributed by atoms with Gasteiger partial charge in [-0.1, -0.05) is 0 Å². The van der Waals surface area contributed by atoms with Crippen molar-refractivity contribution in [2.24, 2.45) is 0 Å². The van der Waals surface area contributed by atoms with Crippen molar-refractivity contribution in [3.63, 3.8) is 0 Å². The zero-order valence-electron chi connectivity index (χ0n) is 6.67. The standard InChI is InChI=1S/C8H14OS2/c1-2-5-9-8(4-1)10-6-3-7-11-8/h1-7H2. The van der Waals surface area contributed by atoms with Gasteiger partial charge in [0.1, 0.15) is 0 Å². The molecule has 1 nitrogen and oxygen atoms in total. The first kappa shape index (κ1) is 8.27. The van der Waals surface area contributed by atoms with Gasteiger partial charge in [0.15, 0.2) is 4.27 Å². The lowest BCUT2D eigenvalue weighted by Gasteiger charge is -2.38. The van der Waals surface area contributed by atoms with Crippen molar-refractivity contribution in [2.75, 3.05) is 18.1 Å². The largest absolute Gasteiger partial charge is 0.355 e. The number of hydrogen-bond acceptors (Lipinski definition) is 3. The van der Waals surface area contributed by atoms with E-state index >= 15 is 0 Å². The van der Waals surface area contributed by atoms with Gasteiger partial charge in [-0.2, -0.15) is 0 Å². The molecule has 2 heterocycles. The smallest absolute Gasteiger partial charge is 0.160 e. The van der Waals surface area contributed by atoms with Crippen LogP contribution in [0.15, 0.2) is 0 Å². The van der Waals surface area contributed by atoms with E-state index in [-0.39, 0.29) is 4.27 Å². The molecule has 0 radical (unpaired) electrons. The van der Waals surface area contributed by atoms with Crippen LogP contribution in [0.25, 0.3) is 0 Å². The van der Waals surface area contributed by atoms with Gasteiger partial charge < -0.3 is 4.74 Å². The summed E-state index contributed by atoms with van der Waals surface area (Å²) in [5, 5.41) is 0. The Morgan fingerprint density at radius 1 is 1.00 bits per heavy atom. The van der Waals surface area contributed by atoms with Crippen molar-refractivity contribution in [3.8, 4) is 0 Å². The molecule has 0 N–H and O–H groups in total. The molecule has 64 valence electrons. The summed E-state index contributed by atoms with van der Waals surface area (Å²) in [5.41, 5.74) is 0. The number of hydrogen-bond donors (Lipinski definition) is 0. The van der Waals surface area contributed by atoms with Crippen LogP contribution in [0.2, 0.25) is 0 Å². The minimum Gasteiger partial charge on any atom is -0.355 e. The first-order chi connectivity index (χ1) is 5.41. The molecule has 0 unspecified atom stereocenters. The van der Waals surface area contributed by atoms with E-state index < -0.39 is 0 Å². The fraction of sp³-hybridized carbons (Fsp3) is 1.00. The fourth-order valence-electron chi connectivity index (χ4n) is 1.53. The van der Waals surface area contributed by atoms with E-state index in [0.717, 1.165) is 6.61 Å². The second kappa shape index (κ2) is 3.58. The zero-order chi connectivity index (χ0) is 7.57. The first-order valence-corrected chi connectivity index (χ1v) is 6.30. The van der Waals surface area contributed by atoms with Gasteiger partial charge in [0.25, 0.3) is 0 Å². The predicted molar refractivity (Wildman–Crippen MR) is 52.1 cm³/mol. The maximum atomic E-state index is 5.83. The quantitative estimate of drug-likeness (QED) is 0.581. The Hall–Kier alpha value is 0.660. The topological polar surface area (TPSA) is 9.23 Å². The summed E-state index contributed by atoms with van der Waals surface area (Å²) in [6, 6.07) is 0. The highest BCUT2D eigenvalue weighted by molar-refractivity contribution is 8.18. The highest BCUT2D eigenvalue weighted by Crippen LogP contribution is 2.48. The molecule has 2 aliphatic heterocycles. The summed E-state index contributed by atoms with van der Waals surface area (Å²) in [4.78, 5) is 0. The predicted octanol–water partition coefficient (Wildman–Crippen LogP) is 2.71. The van der Waals surface area contributed by atoms with Gasteiger partial charge in [-0.25, -0.2) is 0 Å². The van der Waals surface area contributed by atoms with Crippen LogP contribution in [0.1, 0.15) is 25.7 Å². The van der Waals surface area contributed by atoms with Crippen LogP contribution < -0.4 is 0 Å². The Bertz CT molecular complexity index is 107. The molecule has 2 aliphatic rings. The molecular formula is C8H14OS2. The summed E-state index contributed by atoms with van der Waals surface area (Å²) in [5.74, 6) is 2.60. The van der Waals surface area contributed by atoms with Gasteiger partial charge >= 0.3 is 0 Å². The maximum Gasteiger partial charge on any atom is 0.160 e. The van der Waals surface area contributed by atoms with E-state index in [1.807, 2.05) is 23.5 Å². The van der Waals surface area contributed by atoms with Crippen LogP contribution in [-0.2, 0) is 4.74 Å². The first-order valence-electron chi connectivity index (χ1n) is 4.33. The second-order valence-electron chi connectivity index (χ2n) is 3.04.